The van der Waals surface area contributed by atoms with Gasteiger partial charge in [0, 0.05) is 6.26 Å². The Bertz CT molecular complexity index is 1120. The molecule has 2 aromatic carbocycles. The number of amides is 1. The zero-order valence-corrected chi connectivity index (χ0v) is 17.6. The molecule has 0 radical (unpaired) electrons. The molecule has 1 N–H and O–H groups in total. The number of fused-ring (bicyclic) bond motifs is 1. The molecule has 29 heavy (non-hydrogen) atoms. The number of hydrogen-bond acceptors (Lipinski definition) is 5. The van der Waals surface area contributed by atoms with Crippen molar-refractivity contribution in [2.45, 2.75) is 26.1 Å². The zero-order chi connectivity index (χ0) is 21.0. The first-order valence-corrected chi connectivity index (χ1v) is 11.4. The predicted molar refractivity (Wildman–Crippen MR) is 113 cm³/mol. The van der Waals surface area contributed by atoms with Crippen molar-refractivity contribution in [3.8, 4) is 5.75 Å². The van der Waals surface area contributed by atoms with Crippen molar-refractivity contribution in [2.24, 2.45) is 0 Å². The van der Waals surface area contributed by atoms with Gasteiger partial charge in [-0.25, -0.2) is 13.4 Å². The fourth-order valence-corrected chi connectivity index (χ4v) is 3.91. The molecular weight excluding hydrogens is 390 g/mol. The van der Waals surface area contributed by atoms with E-state index in [2.05, 4.69) is 16.4 Å². The van der Waals surface area contributed by atoms with Gasteiger partial charge in [0.2, 0.25) is 5.91 Å². The number of sulfone groups is 1. The van der Waals surface area contributed by atoms with E-state index in [1.54, 1.807) is 10.6 Å². The molecule has 0 atom stereocenters. The number of hydrogen-bond donors (Lipinski definition) is 1. The van der Waals surface area contributed by atoms with Crippen LogP contribution in [0.5, 0.6) is 5.75 Å². The van der Waals surface area contributed by atoms with Gasteiger partial charge in [-0.15, -0.1) is 0 Å². The third kappa shape index (κ3) is 5.80. The summed E-state index contributed by atoms with van der Waals surface area (Å²) in [6, 6.07) is 13.2. The standard InChI is InChI=1S/C21H25N3O4S/c1-15-10-16(2)12-17(11-15)28-9-8-22-21(25)13-24-19-7-5-4-6-18(19)23-20(24)14-29(3,26)27/h4-7,10-12H,8-9,13-14H2,1-3H3,(H,22,25). The van der Waals surface area contributed by atoms with Crippen molar-refractivity contribution < 1.29 is 17.9 Å². The van der Waals surface area contributed by atoms with E-state index in [9.17, 15) is 13.2 Å². The van der Waals surface area contributed by atoms with Gasteiger partial charge < -0.3 is 14.6 Å². The van der Waals surface area contributed by atoms with Crippen LogP contribution in [0.15, 0.2) is 42.5 Å². The monoisotopic (exact) mass is 415 g/mol. The van der Waals surface area contributed by atoms with Crippen LogP contribution in [0.3, 0.4) is 0 Å². The molecule has 3 rings (SSSR count). The molecule has 1 aromatic heterocycles. The molecule has 0 aliphatic rings. The first kappa shape index (κ1) is 20.9. The fourth-order valence-electron chi connectivity index (χ4n) is 3.22. The Balaban J connectivity index is 1.62. The Labute approximate surface area is 170 Å². The SMILES string of the molecule is Cc1cc(C)cc(OCCNC(=O)Cn2c(CS(C)(=O)=O)nc3ccccc32)c1. The van der Waals surface area contributed by atoms with Crippen molar-refractivity contribution >= 4 is 26.8 Å². The van der Waals surface area contributed by atoms with Gasteiger partial charge in [-0.05, 0) is 49.2 Å². The van der Waals surface area contributed by atoms with Crippen LogP contribution >= 0.6 is 0 Å². The lowest BCUT2D eigenvalue weighted by Gasteiger charge is -2.11. The topological polar surface area (TPSA) is 90.3 Å². The molecule has 1 heterocycles. The van der Waals surface area contributed by atoms with Crippen molar-refractivity contribution in [3.63, 3.8) is 0 Å². The van der Waals surface area contributed by atoms with Crippen LogP contribution in [0.4, 0.5) is 0 Å². The summed E-state index contributed by atoms with van der Waals surface area (Å²) in [6.07, 6.45) is 1.15. The number of rotatable bonds is 8. The van der Waals surface area contributed by atoms with E-state index in [1.165, 1.54) is 0 Å². The van der Waals surface area contributed by atoms with Crippen molar-refractivity contribution in [1.82, 2.24) is 14.9 Å². The fraction of sp³-hybridized carbons (Fsp3) is 0.333. The van der Waals surface area contributed by atoms with E-state index in [1.807, 2.05) is 44.2 Å². The second kappa shape index (κ2) is 8.65. The quantitative estimate of drug-likeness (QED) is 0.571. The van der Waals surface area contributed by atoms with Crippen LogP contribution in [0.2, 0.25) is 0 Å². The number of carbonyl (C=O) groups is 1. The van der Waals surface area contributed by atoms with Gasteiger partial charge in [0.1, 0.15) is 30.5 Å². The minimum Gasteiger partial charge on any atom is -0.492 e. The van der Waals surface area contributed by atoms with Crippen LogP contribution in [-0.2, 0) is 26.9 Å². The third-order valence-electron chi connectivity index (χ3n) is 4.31. The summed E-state index contributed by atoms with van der Waals surface area (Å²) in [5.41, 5.74) is 3.63. The van der Waals surface area contributed by atoms with Crippen LogP contribution in [0.25, 0.3) is 11.0 Å². The van der Waals surface area contributed by atoms with Gasteiger partial charge in [-0.2, -0.15) is 0 Å². The number of benzene rings is 2. The number of ether oxygens (including phenoxy) is 1. The number of imidazole rings is 1. The highest BCUT2D eigenvalue weighted by Gasteiger charge is 2.17. The number of carbonyl (C=O) groups excluding carboxylic acids is 1. The van der Waals surface area contributed by atoms with E-state index in [4.69, 9.17) is 4.74 Å². The molecule has 0 saturated carbocycles. The Kier molecular flexibility index (Phi) is 6.22. The molecule has 0 spiro atoms. The molecule has 7 nitrogen and oxygen atoms in total. The van der Waals surface area contributed by atoms with Gasteiger partial charge >= 0.3 is 0 Å². The number of nitrogens with one attached hydrogen (secondary N) is 1. The van der Waals surface area contributed by atoms with E-state index >= 15 is 0 Å². The van der Waals surface area contributed by atoms with Crippen molar-refractivity contribution in [3.05, 3.63) is 59.4 Å². The van der Waals surface area contributed by atoms with Crippen LogP contribution in [0.1, 0.15) is 17.0 Å². The molecular formula is C21H25N3O4S. The molecule has 0 aliphatic carbocycles. The summed E-state index contributed by atoms with van der Waals surface area (Å²) in [5, 5.41) is 2.81. The van der Waals surface area contributed by atoms with Gasteiger partial charge in [-0.1, -0.05) is 18.2 Å². The molecule has 0 fully saturated rings. The minimum absolute atomic E-state index is 0.00504. The maximum Gasteiger partial charge on any atom is 0.240 e. The molecule has 0 unspecified atom stereocenters. The first-order valence-electron chi connectivity index (χ1n) is 9.31. The predicted octanol–water partition coefficient (Wildman–Crippen LogP) is 2.39. The second-order valence-corrected chi connectivity index (χ2v) is 9.33. The van der Waals surface area contributed by atoms with E-state index < -0.39 is 9.84 Å². The van der Waals surface area contributed by atoms with Crippen LogP contribution in [-0.4, -0.2) is 43.3 Å². The summed E-state index contributed by atoms with van der Waals surface area (Å²) in [7, 11) is -3.28. The molecule has 3 aromatic rings. The van der Waals surface area contributed by atoms with Crippen molar-refractivity contribution in [1.29, 1.82) is 0 Å². The van der Waals surface area contributed by atoms with E-state index in [0.29, 0.717) is 24.5 Å². The maximum absolute atomic E-state index is 12.4. The van der Waals surface area contributed by atoms with Crippen LogP contribution < -0.4 is 10.1 Å². The summed E-state index contributed by atoms with van der Waals surface area (Å²) in [6.45, 7) is 4.70. The summed E-state index contributed by atoms with van der Waals surface area (Å²) in [5.74, 6) is 0.681. The average molecular weight is 416 g/mol. The Morgan fingerprint density at radius 2 is 1.83 bits per heavy atom. The number of para-hydroxylation sites is 2. The highest BCUT2D eigenvalue weighted by Crippen LogP contribution is 2.18. The molecule has 1 amide bonds. The zero-order valence-electron chi connectivity index (χ0n) is 16.8. The number of nitrogens with zero attached hydrogens (tertiary/aromatic N) is 2. The minimum atomic E-state index is -3.28. The molecule has 154 valence electrons. The largest absolute Gasteiger partial charge is 0.492 e. The molecule has 8 heteroatoms. The van der Waals surface area contributed by atoms with Gasteiger partial charge in [0.25, 0.3) is 0 Å². The lowest BCUT2D eigenvalue weighted by Crippen LogP contribution is -2.31. The average Bonchev–Trinajstić information content (AvgIpc) is 2.93. The highest BCUT2D eigenvalue weighted by molar-refractivity contribution is 7.89. The summed E-state index contributed by atoms with van der Waals surface area (Å²) in [4.78, 5) is 16.8. The van der Waals surface area contributed by atoms with E-state index in [0.717, 1.165) is 28.6 Å². The number of aromatic nitrogens is 2. The second-order valence-electron chi connectivity index (χ2n) is 7.19. The van der Waals surface area contributed by atoms with Gasteiger partial charge in [0.05, 0.1) is 17.6 Å². The smallest absolute Gasteiger partial charge is 0.240 e. The lowest BCUT2D eigenvalue weighted by atomic mass is 10.1. The summed E-state index contributed by atoms with van der Waals surface area (Å²) < 4.78 is 30.8. The molecule has 0 bridgehead atoms. The molecule has 0 saturated heterocycles. The molecule has 0 aliphatic heterocycles. The van der Waals surface area contributed by atoms with Crippen LogP contribution in [0, 0.1) is 13.8 Å². The van der Waals surface area contributed by atoms with Crippen molar-refractivity contribution in [2.75, 3.05) is 19.4 Å². The first-order chi connectivity index (χ1) is 13.7. The summed E-state index contributed by atoms with van der Waals surface area (Å²) >= 11 is 0. The normalized spacial score (nSPS) is 11.6. The van der Waals surface area contributed by atoms with Gasteiger partial charge in [0.15, 0.2) is 9.84 Å². The van der Waals surface area contributed by atoms with Gasteiger partial charge in [-0.3, -0.25) is 4.79 Å². The van der Waals surface area contributed by atoms with E-state index in [-0.39, 0.29) is 18.2 Å². The lowest BCUT2D eigenvalue weighted by molar-refractivity contribution is -0.121. The Morgan fingerprint density at radius 3 is 2.52 bits per heavy atom. The maximum atomic E-state index is 12.4. The number of aryl methyl sites for hydroxylation is 2. The third-order valence-corrected chi connectivity index (χ3v) is 5.10. The Hall–Kier alpha value is -2.87. The highest BCUT2D eigenvalue weighted by atomic mass is 32.2. The Morgan fingerprint density at radius 1 is 1.14 bits per heavy atom.